The average Bonchev–Trinajstić information content (AvgIpc) is 3.75. The first-order valence-corrected chi connectivity index (χ1v) is 16.2. The van der Waals surface area contributed by atoms with Gasteiger partial charge in [-0.2, -0.15) is 5.10 Å². The summed E-state index contributed by atoms with van der Waals surface area (Å²) in [6.45, 7) is 2.61. The first kappa shape index (κ1) is 28.7. The molecule has 2 amide bonds. The molecule has 0 fully saturated rings. The van der Waals surface area contributed by atoms with Crippen molar-refractivity contribution in [1.82, 2.24) is 14.7 Å². The maximum atomic E-state index is 13.5. The molecule has 0 unspecified atom stereocenters. The van der Waals surface area contributed by atoms with Crippen molar-refractivity contribution in [2.24, 2.45) is 0 Å². The zero-order chi connectivity index (χ0) is 30.9. The van der Waals surface area contributed by atoms with Crippen LogP contribution in [0.2, 0.25) is 0 Å². The Morgan fingerprint density at radius 1 is 0.733 bits per heavy atom. The van der Waals surface area contributed by atoms with Crippen LogP contribution in [0.3, 0.4) is 0 Å². The zero-order valence-electron chi connectivity index (χ0n) is 25.3. The molecule has 7 rings (SSSR count). The summed E-state index contributed by atoms with van der Waals surface area (Å²) in [5.41, 5.74) is 6.06. The number of thiophene rings is 1. The van der Waals surface area contributed by atoms with Crippen molar-refractivity contribution in [3.8, 4) is 43.7 Å². The molecule has 0 aliphatic carbocycles. The molecule has 4 aromatic carbocycles. The van der Waals surface area contributed by atoms with E-state index in [2.05, 4.69) is 25.1 Å². The number of aromatic nitrogens is 2. The second-order valence-electron chi connectivity index (χ2n) is 11.3. The fourth-order valence-electron chi connectivity index (χ4n) is 6.12. The Morgan fingerprint density at radius 2 is 1.47 bits per heavy atom. The van der Waals surface area contributed by atoms with Crippen LogP contribution in [0.1, 0.15) is 53.3 Å². The van der Waals surface area contributed by atoms with Crippen molar-refractivity contribution < 1.29 is 14.3 Å². The van der Waals surface area contributed by atoms with E-state index in [1.54, 1.807) is 18.4 Å². The van der Waals surface area contributed by atoms with E-state index in [1.165, 1.54) is 4.90 Å². The average molecular weight is 612 g/mol. The van der Waals surface area contributed by atoms with Gasteiger partial charge < -0.3 is 4.74 Å². The van der Waals surface area contributed by atoms with Crippen molar-refractivity contribution in [3.63, 3.8) is 0 Å². The van der Waals surface area contributed by atoms with E-state index in [1.807, 2.05) is 89.6 Å². The Labute approximate surface area is 266 Å². The summed E-state index contributed by atoms with van der Waals surface area (Å²) in [5.74, 6) is 0.407. The van der Waals surface area contributed by atoms with E-state index in [0.717, 1.165) is 80.2 Å². The number of imide groups is 1. The highest BCUT2D eigenvalue weighted by Crippen LogP contribution is 2.41. The lowest BCUT2D eigenvalue weighted by Crippen LogP contribution is -2.40. The number of unbranched alkanes of at least 4 members (excludes halogenated alkanes) is 3. The number of para-hydroxylation sites is 1. The van der Waals surface area contributed by atoms with Gasteiger partial charge in [0, 0.05) is 33.5 Å². The summed E-state index contributed by atoms with van der Waals surface area (Å²) < 4.78 is 7.35. The maximum absolute atomic E-state index is 13.5. The Balaban J connectivity index is 1.26. The minimum absolute atomic E-state index is 0.198. The number of rotatable bonds is 10. The summed E-state index contributed by atoms with van der Waals surface area (Å²) in [6, 6.07) is 34.1. The van der Waals surface area contributed by atoms with Gasteiger partial charge in [0.15, 0.2) is 0 Å². The van der Waals surface area contributed by atoms with Crippen LogP contribution in [0, 0.1) is 0 Å². The zero-order valence-corrected chi connectivity index (χ0v) is 26.1. The van der Waals surface area contributed by atoms with Gasteiger partial charge in [-0.3, -0.25) is 14.5 Å². The summed E-state index contributed by atoms with van der Waals surface area (Å²) in [5, 5.41) is 6.72. The highest BCUT2D eigenvalue weighted by atomic mass is 32.1. The predicted octanol–water partition coefficient (Wildman–Crippen LogP) is 9.27. The van der Waals surface area contributed by atoms with Gasteiger partial charge in [0.2, 0.25) is 0 Å². The molecule has 0 spiro atoms. The molecule has 6 nitrogen and oxygen atoms in total. The normalized spacial score (nSPS) is 12.7. The molecule has 0 bridgehead atoms. The molecule has 7 heteroatoms. The first-order chi connectivity index (χ1) is 22.1. The minimum Gasteiger partial charge on any atom is -0.497 e. The molecule has 45 heavy (non-hydrogen) atoms. The molecule has 0 radical (unpaired) electrons. The lowest BCUT2D eigenvalue weighted by Gasteiger charge is -2.27. The lowest BCUT2D eigenvalue weighted by atomic mass is 9.90. The summed E-state index contributed by atoms with van der Waals surface area (Å²) in [6.07, 6.45) is 4.04. The van der Waals surface area contributed by atoms with Crippen molar-refractivity contribution in [2.75, 3.05) is 13.7 Å². The predicted molar refractivity (Wildman–Crippen MR) is 181 cm³/mol. The fourth-order valence-corrected chi connectivity index (χ4v) is 7.12. The monoisotopic (exact) mass is 611 g/mol. The molecule has 0 saturated carbocycles. The van der Waals surface area contributed by atoms with E-state index < -0.39 is 0 Å². The number of carbonyl (C=O) groups is 2. The fraction of sp³-hybridized carbons (Fsp3) is 0.184. The molecule has 2 aromatic heterocycles. The Bertz CT molecular complexity index is 2000. The number of nitrogens with zero attached hydrogens (tertiary/aromatic N) is 3. The molecule has 0 atom stereocenters. The SMILES string of the molecule is CCCCCCN1C(=O)c2cccc3c(-c4ccc(-c5cc(-c6ccc(OC)cc6)n(-c6ccccc6)n5)s4)ccc(c23)C1=O. The van der Waals surface area contributed by atoms with Gasteiger partial charge >= 0.3 is 0 Å². The molecule has 6 aromatic rings. The molecule has 1 aliphatic heterocycles. The number of benzene rings is 4. The minimum atomic E-state index is -0.198. The second kappa shape index (κ2) is 12.2. The van der Waals surface area contributed by atoms with Crippen LogP contribution in [0.5, 0.6) is 5.75 Å². The highest BCUT2D eigenvalue weighted by Gasteiger charge is 2.33. The van der Waals surface area contributed by atoms with Crippen molar-refractivity contribution in [2.45, 2.75) is 32.6 Å². The van der Waals surface area contributed by atoms with Crippen molar-refractivity contribution in [1.29, 1.82) is 0 Å². The molecule has 0 saturated heterocycles. The van der Waals surface area contributed by atoms with Crippen LogP contribution in [0.15, 0.2) is 103 Å². The lowest BCUT2D eigenvalue weighted by molar-refractivity contribution is 0.0608. The Kier molecular flexibility index (Phi) is 7.78. The van der Waals surface area contributed by atoms with Crippen LogP contribution in [-0.2, 0) is 0 Å². The highest BCUT2D eigenvalue weighted by molar-refractivity contribution is 7.18. The summed E-state index contributed by atoms with van der Waals surface area (Å²) in [4.78, 5) is 30.5. The van der Waals surface area contributed by atoms with Crippen molar-refractivity contribution >= 4 is 33.9 Å². The largest absolute Gasteiger partial charge is 0.497 e. The molecule has 0 N–H and O–H groups in total. The van der Waals surface area contributed by atoms with Crippen LogP contribution in [-0.4, -0.2) is 40.1 Å². The second-order valence-corrected chi connectivity index (χ2v) is 12.3. The Hall–Kier alpha value is -5.01. The van der Waals surface area contributed by atoms with E-state index in [-0.39, 0.29) is 11.8 Å². The molecule has 3 heterocycles. The Morgan fingerprint density at radius 3 is 2.22 bits per heavy atom. The van der Waals surface area contributed by atoms with E-state index in [9.17, 15) is 9.59 Å². The number of methoxy groups -OCH3 is 1. The smallest absolute Gasteiger partial charge is 0.261 e. The number of ether oxygens (including phenoxy) is 1. The van der Waals surface area contributed by atoms with Crippen LogP contribution >= 0.6 is 11.3 Å². The third-order valence-electron chi connectivity index (χ3n) is 8.45. The van der Waals surface area contributed by atoms with Gasteiger partial charge in [0.25, 0.3) is 11.8 Å². The van der Waals surface area contributed by atoms with Crippen LogP contribution < -0.4 is 4.74 Å². The van der Waals surface area contributed by atoms with Gasteiger partial charge in [-0.15, -0.1) is 11.3 Å². The van der Waals surface area contributed by atoms with Gasteiger partial charge in [-0.25, -0.2) is 4.68 Å². The maximum Gasteiger partial charge on any atom is 0.261 e. The van der Waals surface area contributed by atoms with Gasteiger partial charge in [0.1, 0.15) is 11.4 Å². The van der Waals surface area contributed by atoms with Crippen molar-refractivity contribution in [3.05, 3.63) is 114 Å². The molecule has 224 valence electrons. The third-order valence-corrected chi connectivity index (χ3v) is 9.59. The molecule has 1 aliphatic rings. The van der Waals surface area contributed by atoms with Crippen LogP contribution in [0.25, 0.3) is 48.7 Å². The molecular weight excluding hydrogens is 579 g/mol. The van der Waals surface area contributed by atoms with Crippen LogP contribution in [0.4, 0.5) is 0 Å². The molecular formula is C38H33N3O3S. The van der Waals surface area contributed by atoms with Gasteiger partial charge in [0.05, 0.1) is 23.4 Å². The van der Waals surface area contributed by atoms with E-state index in [0.29, 0.717) is 17.7 Å². The summed E-state index contributed by atoms with van der Waals surface area (Å²) in [7, 11) is 1.67. The van der Waals surface area contributed by atoms with Gasteiger partial charge in [-0.05, 0) is 84.1 Å². The number of hydrogen-bond acceptors (Lipinski definition) is 5. The number of hydrogen-bond donors (Lipinski definition) is 0. The third kappa shape index (κ3) is 5.23. The topological polar surface area (TPSA) is 64.4 Å². The van der Waals surface area contributed by atoms with Gasteiger partial charge in [-0.1, -0.05) is 62.6 Å². The first-order valence-electron chi connectivity index (χ1n) is 15.4. The van der Waals surface area contributed by atoms with E-state index in [4.69, 9.17) is 9.84 Å². The standard InChI is InChI=1S/C38H33N3O3S/c1-3-4-5-9-23-40-37(42)30-14-10-13-29-28(19-20-31(36(29)30)38(40)43)34-21-22-35(45-34)32-24-33(25-15-17-27(44-2)18-16-25)41(39-32)26-11-7-6-8-12-26/h6-8,10-22,24H,3-5,9,23H2,1-2H3. The summed E-state index contributed by atoms with van der Waals surface area (Å²) >= 11 is 1.65. The number of carbonyl (C=O) groups excluding carboxylic acids is 2. The number of amides is 2. The van der Waals surface area contributed by atoms with E-state index >= 15 is 0 Å². The quantitative estimate of drug-likeness (QED) is 0.114.